The summed E-state index contributed by atoms with van der Waals surface area (Å²) in [6, 6.07) is 9.92. The zero-order valence-electron chi connectivity index (χ0n) is 12.2. The Morgan fingerprint density at radius 3 is 2.35 bits per heavy atom. The average Bonchev–Trinajstić information content (AvgIpc) is 2.46. The van der Waals surface area contributed by atoms with Gasteiger partial charge in [-0.15, -0.1) is 0 Å². The Morgan fingerprint density at radius 2 is 1.78 bits per heavy atom. The molecule has 0 aliphatic carbocycles. The smallest absolute Gasteiger partial charge is 0.376 e. The topological polar surface area (TPSA) is 41.1 Å². The molecule has 1 amide bonds. The Labute approximate surface area is 140 Å². The molecule has 122 valence electrons. The van der Waals surface area contributed by atoms with Crippen molar-refractivity contribution in [2.24, 2.45) is 0 Å². The number of hydrogen-bond donors (Lipinski definition) is 2. The minimum atomic E-state index is -4.39. The number of rotatable bonds is 4. The number of amides is 1. The molecule has 0 aromatic heterocycles. The number of alkyl halides is 3. The van der Waals surface area contributed by atoms with Gasteiger partial charge in [-0.3, -0.25) is 4.79 Å². The Bertz CT molecular complexity index is 699. The van der Waals surface area contributed by atoms with E-state index in [1.165, 1.54) is 12.1 Å². The molecule has 0 bridgehead atoms. The van der Waals surface area contributed by atoms with E-state index in [1.807, 2.05) is 25.1 Å². The van der Waals surface area contributed by atoms with Crippen molar-refractivity contribution < 1.29 is 18.0 Å². The third-order valence-electron chi connectivity index (χ3n) is 3.12. The number of anilines is 2. The normalized spacial score (nSPS) is 11.2. The van der Waals surface area contributed by atoms with E-state index in [4.69, 9.17) is 0 Å². The lowest BCUT2D eigenvalue weighted by molar-refractivity contribution is -0.137. The van der Waals surface area contributed by atoms with Crippen molar-refractivity contribution in [2.75, 3.05) is 17.2 Å². The molecule has 0 aliphatic heterocycles. The summed E-state index contributed by atoms with van der Waals surface area (Å²) in [5, 5.41) is 5.53. The van der Waals surface area contributed by atoms with Gasteiger partial charge in [0.05, 0.1) is 12.1 Å². The molecule has 3 nitrogen and oxygen atoms in total. The molecule has 0 saturated carbocycles. The molecule has 0 aliphatic rings. The van der Waals surface area contributed by atoms with E-state index in [0.29, 0.717) is 5.69 Å². The molecule has 2 aromatic rings. The second-order valence-corrected chi connectivity index (χ2v) is 5.85. The van der Waals surface area contributed by atoms with Crippen LogP contribution in [0.3, 0.4) is 0 Å². The molecule has 0 atom stereocenters. The van der Waals surface area contributed by atoms with E-state index < -0.39 is 11.7 Å². The van der Waals surface area contributed by atoms with Crippen LogP contribution in [-0.2, 0) is 11.0 Å². The number of carbonyl (C=O) groups is 1. The SMILES string of the molecule is Cc1cc(Br)ccc1NCC(=O)Nc1ccc(C(F)(F)F)cc1. The van der Waals surface area contributed by atoms with E-state index >= 15 is 0 Å². The summed E-state index contributed by atoms with van der Waals surface area (Å²) in [5.74, 6) is -0.341. The molecule has 2 rings (SSSR count). The van der Waals surface area contributed by atoms with Gasteiger partial charge < -0.3 is 10.6 Å². The fourth-order valence-corrected chi connectivity index (χ4v) is 2.42. The largest absolute Gasteiger partial charge is 0.416 e. The second kappa shape index (κ2) is 7.04. The lowest BCUT2D eigenvalue weighted by atomic mass is 10.2. The van der Waals surface area contributed by atoms with Crippen LogP contribution in [0.15, 0.2) is 46.9 Å². The minimum absolute atomic E-state index is 0.0174. The van der Waals surface area contributed by atoms with Gasteiger partial charge in [-0.1, -0.05) is 15.9 Å². The number of benzene rings is 2. The molecule has 0 fully saturated rings. The van der Waals surface area contributed by atoms with Gasteiger partial charge >= 0.3 is 6.18 Å². The maximum atomic E-state index is 12.5. The van der Waals surface area contributed by atoms with Crippen molar-refractivity contribution in [3.8, 4) is 0 Å². The zero-order chi connectivity index (χ0) is 17.0. The molecule has 0 unspecified atom stereocenters. The maximum absolute atomic E-state index is 12.5. The van der Waals surface area contributed by atoms with Crippen LogP contribution in [0, 0.1) is 6.92 Å². The molecule has 23 heavy (non-hydrogen) atoms. The molecule has 7 heteroatoms. The molecular formula is C16H14BrF3N2O. The van der Waals surface area contributed by atoms with Gasteiger partial charge in [0.15, 0.2) is 0 Å². The highest BCUT2D eigenvalue weighted by Gasteiger charge is 2.29. The first kappa shape index (κ1) is 17.3. The summed E-state index contributed by atoms with van der Waals surface area (Å²) in [5.41, 5.74) is 1.36. The van der Waals surface area contributed by atoms with Crippen LogP contribution in [0.5, 0.6) is 0 Å². The lowest BCUT2D eigenvalue weighted by Crippen LogP contribution is -2.22. The number of hydrogen-bond acceptors (Lipinski definition) is 2. The summed E-state index contributed by atoms with van der Waals surface area (Å²) < 4.78 is 38.3. The number of halogens is 4. The third kappa shape index (κ3) is 4.99. The molecule has 2 aromatic carbocycles. The van der Waals surface area contributed by atoms with E-state index in [-0.39, 0.29) is 12.5 Å². The predicted molar refractivity (Wildman–Crippen MR) is 87.4 cm³/mol. The fourth-order valence-electron chi connectivity index (χ4n) is 1.95. The van der Waals surface area contributed by atoms with Crippen LogP contribution in [0.4, 0.5) is 24.5 Å². The lowest BCUT2D eigenvalue weighted by Gasteiger charge is -2.11. The van der Waals surface area contributed by atoms with Gasteiger partial charge in [0.2, 0.25) is 5.91 Å². The fraction of sp³-hybridized carbons (Fsp3) is 0.188. The molecule has 0 radical (unpaired) electrons. The number of nitrogens with one attached hydrogen (secondary N) is 2. The standard InChI is InChI=1S/C16H14BrF3N2O/c1-10-8-12(17)4-7-14(10)21-9-15(23)22-13-5-2-11(3-6-13)16(18,19)20/h2-8,21H,9H2,1H3,(H,22,23). The Morgan fingerprint density at radius 1 is 1.13 bits per heavy atom. The first-order chi connectivity index (χ1) is 10.8. The van der Waals surface area contributed by atoms with Crippen molar-refractivity contribution in [1.29, 1.82) is 0 Å². The highest BCUT2D eigenvalue weighted by Crippen LogP contribution is 2.29. The van der Waals surface area contributed by atoms with Gasteiger partial charge in [0.1, 0.15) is 0 Å². The van der Waals surface area contributed by atoms with Crippen LogP contribution in [0.25, 0.3) is 0 Å². The highest BCUT2D eigenvalue weighted by molar-refractivity contribution is 9.10. The molecule has 2 N–H and O–H groups in total. The minimum Gasteiger partial charge on any atom is -0.376 e. The number of aryl methyl sites for hydroxylation is 1. The van der Waals surface area contributed by atoms with E-state index in [2.05, 4.69) is 26.6 Å². The first-order valence-corrected chi connectivity index (χ1v) is 7.52. The Hall–Kier alpha value is -2.02. The maximum Gasteiger partial charge on any atom is 0.416 e. The van der Waals surface area contributed by atoms with Crippen LogP contribution >= 0.6 is 15.9 Å². The van der Waals surface area contributed by atoms with Crippen molar-refractivity contribution >= 4 is 33.2 Å². The van der Waals surface area contributed by atoms with Crippen LogP contribution < -0.4 is 10.6 Å². The third-order valence-corrected chi connectivity index (χ3v) is 3.62. The van der Waals surface area contributed by atoms with Gasteiger partial charge in [-0.2, -0.15) is 13.2 Å². The molecule has 0 saturated heterocycles. The van der Waals surface area contributed by atoms with E-state index in [9.17, 15) is 18.0 Å². The average molecular weight is 387 g/mol. The summed E-state index contributed by atoms with van der Waals surface area (Å²) in [7, 11) is 0. The predicted octanol–water partition coefficient (Wildman–Crippen LogP) is 4.83. The quantitative estimate of drug-likeness (QED) is 0.790. The van der Waals surface area contributed by atoms with Gasteiger partial charge in [-0.25, -0.2) is 0 Å². The molecule has 0 spiro atoms. The first-order valence-electron chi connectivity index (χ1n) is 6.73. The van der Waals surface area contributed by atoms with Crippen LogP contribution in [0.2, 0.25) is 0 Å². The van der Waals surface area contributed by atoms with Crippen molar-refractivity contribution in [2.45, 2.75) is 13.1 Å². The van der Waals surface area contributed by atoms with Crippen LogP contribution in [-0.4, -0.2) is 12.5 Å². The van der Waals surface area contributed by atoms with E-state index in [0.717, 1.165) is 27.9 Å². The van der Waals surface area contributed by atoms with Crippen molar-refractivity contribution in [3.63, 3.8) is 0 Å². The van der Waals surface area contributed by atoms with E-state index in [1.54, 1.807) is 0 Å². The van der Waals surface area contributed by atoms with Gasteiger partial charge in [-0.05, 0) is 55.0 Å². The molecular weight excluding hydrogens is 373 g/mol. The van der Waals surface area contributed by atoms with Gasteiger partial charge in [0, 0.05) is 15.8 Å². The molecule has 0 heterocycles. The van der Waals surface area contributed by atoms with Crippen molar-refractivity contribution in [1.82, 2.24) is 0 Å². The van der Waals surface area contributed by atoms with Gasteiger partial charge in [0.25, 0.3) is 0 Å². The highest BCUT2D eigenvalue weighted by atomic mass is 79.9. The zero-order valence-corrected chi connectivity index (χ0v) is 13.8. The Balaban J connectivity index is 1.92. The second-order valence-electron chi connectivity index (χ2n) is 4.94. The summed E-state index contributed by atoms with van der Waals surface area (Å²) in [4.78, 5) is 11.8. The summed E-state index contributed by atoms with van der Waals surface area (Å²) >= 11 is 3.35. The summed E-state index contributed by atoms with van der Waals surface area (Å²) in [6.07, 6.45) is -4.39. The monoisotopic (exact) mass is 386 g/mol. The summed E-state index contributed by atoms with van der Waals surface area (Å²) in [6.45, 7) is 1.92. The number of carbonyl (C=O) groups excluding carboxylic acids is 1. The Kier molecular flexibility index (Phi) is 5.30. The van der Waals surface area contributed by atoms with Crippen molar-refractivity contribution in [3.05, 3.63) is 58.1 Å². The van der Waals surface area contributed by atoms with Crippen LogP contribution in [0.1, 0.15) is 11.1 Å².